The molecule has 4 nitrogen and oxygen atoms in total. The second-order valence-electron chi connectivity index (χ2n) is 5.59. The summed E-state index contributed by atoms with van der Waals surface area (Å²) in [6, 6.07) is 20.3. The number of aromatic hydroxyl groups is 3. The Morgan fingerprint density at radius 3 is 2.04 bits per heavy atom. The Morgan fingerprint density at radius 2 is 1.40 bits per heavy atom. The van der Waals surface area contributed by atoms with E-state index in [0.717, 1.165) is 16.7 Å². The standard InChI is InChI=1S/C21H18O4/c22-18-8-4-15(5-9-18)12-17(16-6-10-19(23)11-7-16)14-25-21-3-1-2-20(24)13-21/h1-13,22-24H,14H2/b17-12-. The van der Waals surface area contributed by atoms with Crippen LogP contribution in [0.1, 0.15) is 11.1 Å². The van der Waals surface area contributed by atoms with E-state index < -0.39 is 0 Å². The molecule has 0 atom stereocenters. The molecule has 3 rings (SSSR count). The molecule has 3 N–H and O–H groups in total. The summed E-state index contributed by atoms with van der Waals surface area (Å²) < 4.78 is 5.79. The van der Waals surface area contributed by atoms with E-state index in [1.165, 1.54) is 0 Å². The summed E-state index contributed by atoms with van der Waals surface area (Å²) in [4.78, 5) is 0. The van der Waals surface area contributed by atoms with Crippen molar-refractivity contribution in [2.75, 3.05) is 6.61 Å². The molecule has 4 heteroatoms. The first-order valence-corrected chi connectivity index (χ1v) is 7.81. The lowest BCUT2D eigenvalue weighted by Crippen LogP contribution is -2.01. The van der Waals surface area contributed by atoms with E-state index in [1.54, 1.807) is 48.5 Å². The molecule has 25 heavy (non-hydrogen) atoms. The maximum atomic E-state index is 9.54. The van der Waals surface area contributed by atoms with Gasteiger partial charge in [-0.1, -0.05) is 30.3 Å². The molecule has 0 aliphatic rings. The second kappa shape index (κ2) is 7.45. The highest BCUT2D eigenvalue weighted by atomic mass is 16.5. The lowest BCUT2D eigenvalue weighted by atomic mass is 10.0. The Kier molecular flexibility index (Phi) is 4.90. The molecule has 0 aliphatic carbocycles. The lowest BCUT2D eigenvalue weighted by molar-refractivity contribution is 0.366. The van der Waals surface area contributed by atoms with Gasteiger partial charge in [0.05, 0.1) is 0 Å². The van der Waals surface area contributed by atoms with Gasteiger partial charge in [-0.3, -0.25) is 0 Å². The van der Waals surface area contributed by atoms with Crippen LogP contribution in [-0.2, 0) is 0 Å². The van der Waals surface area contributed by atoms with Gasteiger partial charge in [0.2, 0.25) is 0 Å². The zero-order chi connectivity index (χ0) is 17.6. The van der Waals surface area contributed by atoms with Gasteiger partial charge >= 0.3 is 0 Å². The van der Waals surface area contributed by atoms with Crippen LogP contribution >= 0.6 is 0 Å². The van der Waals surface area contributed by atoms with Crippen molar-refractivity contribution in [1.82, 2.24) is 0 Å². The van der Waals surface area contributed by atoms with Crippen LogP contribution in [0.15, 0.2) is 72.8 Å². The molecule has 0 bridgehead atoms. The maximum Gasteiger partial charge on any atom is 0.123 e. The maximum absolute atomic E-state index is 9.54. The topological polar surface area (TPSA) is 69.9 Å². The van der Waals surface area contributed by atoms with E-state index in [-0.39, 0.29) is 23.9 Å². The average molecular weight is 334 g/mol. The smallest absolute Gasteiger partial charge is 0.123 e. The van der Waals surface area contributed by atoms with E-state index in [1.807, 2.05) is 30.3 Å². The number of phenols is 3. The first-order valence-electron chi connectivity index (χ1n) is 7.81. The van der Waals surface area contributed by atoms with Gasteiger partial charge in [-0.2, -0.15) is 0 Å². The Morgan fingerprint density at radius 1 is 0.760 bits per heavy atom. The van der Waals surface area contributed by atoms with Crippen molar-refractivity contribution in [2.24, 2.45) is 0 Å². The molecule has 0 aromatic heterocycles. The van der Waals surface area contributed by atoms with Crippen LogP contribution in [0.4, 0.5) is 0 Å². The summed E-state index contributed by atoms with van der Waals surface area (Å²) >= 11 is 0. The van der Waals surface area contributed by atoms with E-state index in [2.05, 4.69) is 0 Å². The molecular formula is C21H18O4. The van der Waals surface area contributed by atoms with E-state index >= 15 is 0 Å². The number of hydrogen-bond acceptors (Lipinski definition) is 4. The van der Waals surface area contributed by atoms with Crippen molar-refractivity contribution in [2.45, 2.75) is 0 Å². The van der Waals surface area contributed by atoms with Gasteiger partial charge in [0, 0.05) is 6.07 Å². The van der Waals surface area contributed by atoms with Gasteiger partial charge < -0.3 is 20.1 Å². The third-order valence-electron chi connectivity index (χ3n) is 3.68. The Labute approximate surface area is 145 Å². The minimum absolute atomic E-state index is 0.145. The zero-order valence-corrected chi connectivity index (χ0v) is 13.5. The minimum Gasteiger partial charge on any atom is -0.508 e. The molecule has 0 aliphatic heterocycles. The van der Waals surface area contributed by atoms with Crippen molar-refractivity contribution in [3.8, 4) is 23.0 Å². The zero-order valence-electron chi connectivity index (χ0n) is 13.5. The van der Waals surface area contributed by atoms with Crippen LogP contribution in [-0.4, -0.2) is 21.9 Å². The predicted molar refractivity (Wildman–Crippen MR) is 97.7 cm³/mol. The highest BCUT2D eigenvalue weighted by Crippen LogP contribution is 2.24. The third-order valence-corrected chi connectivity index (χ3v) is 3.68. The van der Waals surface area contributed by atoms with Crippen molar-refractivity contribution < 1.29 is 20.1 Å². The predicted octanol–water partition coefficient (Wildman–Crippen LogP) is 4.42. The van der Waals surface area contributed by atoms with Gasteiger partial charge in [0.1, 0.15) is 29.6 Å². The Bertz CT molecular complexity index is 865. The fourth-order valence-corrected chi connectivity index (χ4v) is 2.39. The molecule has 0 saturated carbocycles. The van der Waals surface area contributed by atoms with Crippen LogP contribution in [0.25, 0.3) is 11.6 Å². The molecule has 0 amide bonds. The van der Waals surface area contributed by atoms with E-state index in [0.29, 0.717) is 5.75 Å². The molecule has 0 radical (unpaired) electrons. The second-order valence-corrected chi connectivity index (χ2v) is 5.59. The van der Waals surface area contributed by atoms with Gasteiger partial charge in [-0.05, 0) is 59.2 Å². The normalized spacial score (nSPS) is 11.3. The summed E-state index contributed by atoms with van der Waals surface area (Å²) in [5.41, 5.74) is 2.72. The van der Waals surface area contributed by atoms with Crippen molar-refractivity contribution >= 4 is 11.6 Å². The monoisotopic (exact) mass is 334 g/mol. The van der Waals surface area contributed by atoms with Crippen LogP contribution in [0.3, 0.4) is 0 Å². The van der Waals surface area contributed by atoms with Crippen molar-refractivity contribution in [3.63, 3.8) is 0 Å². The van der Waals surface area contributed by atoms with Gasteiger partial charge in [0.15, 0.2) is 0 Å². The first kappa shape index (κ1) is 16.5. The molecule has 0 unspecified atom stereocenters. The van der Waals surface area contributed by atoms with E-state index in [9.17, 15) is 15.3 Å². The number of phenolic OH excluding ortho intramolecular Hbond substituents is 3. The quantitative estimate of drug-likeness (QED) is 0.604. The minimum atomic E-state index is 0.145. The van der Waals surface area contributed by atoms with Crippen molar-refractivity contribution in [3.05, 3.63) is 83.9 Å². The highest BCUT2D eigenvalue weighted by molar-refractivity contribution is 5.82. The third kappa shape index (κ3) is 4.54. The summed E-state index contributed by atoms with van der Waals surface area (Å²) in [7, 11) is 0. The molecule has 3 aromatic rings. The van der Waals surface area contributed by atoms with Gasteiger partial charge in [-0.15, -0.1) is 0 Å². The average Bonchev–Trinajstić information content (AvgIpc) is 2.61. The largest absolute Gasteiger partial charge is 0.508 e. The number of benzene rings is 3. The Balaban J connectivity index is 1.88. The van der Waals surface area contributed by atoms with Gasteiger partial charge in [-0.25, -0.2) is 0 Å². The summed E-state index contributed by atoms with van der Waals surface area (Å²) in [6.07, 6.45) is 1.95. The fraction of sp³-hybridized carbons (Fsp3) is 0.0476. The first-order chi connectivity index (χ1) is 12.1. The van der Waals surface area contributed by atoms with E-state index in [4.69, 9.17) is 4.74 Å². The van der Waals surface area contributed by atoms with Gasteiger partial charge in [0.25, 0.3) is 0 Å². The van der Waals surface area contributed by atoms with Crippen LogP contribution in [0, 0.1) is 0 Å². The molecule has 0 saturated heterocycles. The number of hydrogen-bond donors (Lipinski definition) is 3. The number of ether oxygens (including phenoxy) is 1. The summed E-state index contributed by atoms with van der Waals surface area (Å²) in [5, 5.41) is 28.5. The Hall–Kier alpha value is -3.40. The molecule has 3 aromatic carbocycles. The summed E-state index contributed by atoms with van der Waals surface area (Å²) in [6.45, 7) is 0.287. The lowest BCUT2D eigenvalue weighted by Gasteiger charge is -2.11. The number of rotatable bonds is 5. The highest BCUT2D eigenvalue weighted by Gasteiger charge is 2.05. The van der Waals surface area contributed by atoms with Crippen LogP contribution in [0.2, 0.25) is 0 Å². The molecule has 0 fully saturated rings. The van der Waals surface area contributed by atoms with Crippen LogP contribution < -0.4 is 4.74 Å². The fourth-order valence-electron chi connectivity index (χ4n) is 2.39. The van der Waals surface area contributed by atoms with Crippen LogP contribution in [0.5, 0.6) is 23.0 Å². The summed E-state index contributed by atoms with van der Waals surface area (Å²) in [5.74, 6) is 1.11. The van der Waals surface area contributed by atoms with Crippen molar-refractivity contribution in [1.29, 1.82) is 0 Å². The molecule has 0 spiro atoms. The molecule has 126 valence electrons. The molecular weight excluding hydrogens is 316 g/mol. The SMILES string of the molecule is Oc1ccc(/C=C(/COc2cccc(O)c2)c2ccc(O)cc2)cc1. The molecule has 0 heterocycles.